The van der Waals surface area contributed by atoms with Crippen molar-refractivity contribution in [1.29, 1.82) is 0 Å². The summed E-state index contributed by atoms with van der Waals surface area (Å²) in [5.74, 6) is 0.988. The van der Waals surface area contributed by atoms with E-state index in [1.54, 1.807) is 18.2 Å². The second-order valence-corrected chi connectivity index (χ2v) is 7.18. The highest BCUT2D eigenvalue weighted by atomic mass is 16.7. The summed E-state index contributed by atoms with van der Waals surface area (Å²) in [6, 6.07) is 3.94. The predicted molar refractivity (Wildman–Crippen MR) is 96.6 cm³/mol. The van der Waals surface area contributed by atoms with E-state index in [1.165, 1.54) is 0 Å². The first-order valence-corrected chi connectivity index (χ1v) is 9.45. The van der Waals surface area contributed by atoms with Gasteiger partial charge in [0.25, 0.3) is 5.91 Å². The summed E-state index contributed by atoms with van der Waals surface area (Å²) in [5.41, 5.74) is 0.748. The first-order valence-electron chi connectivity index (χ1n) is 9.45. The minimum absolute atomic E-state index is 0.0641. The lowest BCUT2D eigenvalue weighted by molar-refractivity contribution is -0.131. The molecule has 0 saturated carbocycles. The van der Waals surface area contributed by atoms with Crippen molar-refractivity contribution in [2.75, 3.05) is 26.6 Å². The lowest BCUT2D eigenvalue weighted by Crippen LogP contribution is -2.38. The second kappa shape index (κ2) is 8.05. The number of benzene rings is 1. The molecule has 0 bridgehead atoms. The van der Waals surface area contributed by atoms with E-state index in [4.69, 9.17) is 14.2 Å². The minimum atomic E-state index is -0.837. The molecule has 4 amide bonds. The van der Waals surface area contributed by atoms with E-state index in [2.05, 4.69) is 10.6 Å². The molecule has 2 fully saturated rings. The lowest BCUT2D eigenvalue weighted by Gasteiger charge is -2.22. The van der Waals surface area contributed by atoms with Gasteiger partial charge < -0.3 is 24.8 Å². The maximum Gasteiger partial charge on any atom is 0.325 e. The van der Waals surface area contributed by atoms with Gasteiger partial charge in [-0.15, -0.1) is 0 Å². The number of ether oxygens (including phenoxy) is 3. The fraction of sp³-hybridized carbons (Fsp3) is 0.526. The van der Waals surface area contributed by atoms with Crippen molar-refractivity contribution >= 4 is 17.8 Å². The Morgan fingerprint density at radius 2 is 1.96 bits per heavy atom. The topological polar surface area (TPSA) is 106 Å². The Morgan fingerprint density at radius 3 is 2.79 bits per heavy atom. The van der Waals surface area contributed by atoms with Crippen LogP contribution in [0.15, 0.2) is 18.2 Å². The van der Waals surface area contributed by atoms with Gasteiger partial charge in [-0.3, -0.25) is 14.5 Å². The Hall–Kier alpha value is -2.81. The van der Waals surface area contributed by atoms with Gasteiger partial charge >= 0.3 is 6.03 Å². The number of urea groups is 1. The largest absolute Gasteiger partial charge is 0.454 e. The molecule has 4 rings (SSSR count). The van der Waals surface area contributed by atoms with Crippen molar-refractivity contribution in [1.82, 2.24) is 15.5 Å². The number of carbonyl (C=O) groups excluding carboxylic acids is 3. The summed E-state index contributed by atoms with van der Waals surface area (Å²) in [5, 5.41) is 5.46. The Morgan fingerprint density at radius 1 is 1.18 bits per heavy atom. The molecule has 2 N–H and O–H groups in total. The van der Waals surface area contributed by atoms with Gasteiger partial charge in [-0.05, 0) is 36.5 Å². The standard InChI is InChI=1S/C19H23N3O6/c23-17(20-9-12-3-5-26-6-4-12)8-14-18(24)22(19(25)21-14)10-13-1-2-15-16(7-13)28-11-27-15/h1-2,7,12,14H,3-6,8-11H2,(H,20,23)(H,21,25)/t14-/m1/s1. The number of nitrogens with one attached hydrogen (secondary N) is 2. The van der Waals surface area contributed by atoms with Crippen LogP contribution >= 0.6 is 0 Å². The molecule has 1 atom stereocenters. The number of amides is 4. The van der Waals surface area contributed by atoms with Gasteiger partial charge in [-0.1, -0.05) is 6.07 Å². The van der Waals surface area contributed by atoms with E-state index in [9.17, 15) is 14.4 Å². The lowest BCUT2D eigenvalue weighted by atomic mass is 10.0. The van der Waals surface area contributed by atoms with Crippen LogP contribution in [0, 0.1) is 5.92 Å². The van der Waals surface area contributed by atoms with Gasteiger partial charge in [-0.25, -0.2) is 4.79 Å². The summed E-state index contributed by atoms with van der Waals surface area (Å²) in [6.45, 7) is 2.27. The van der Waals surface area contributed by atoms with E-state index < -0.39 is 18.0 Å². The molecule has 1 aromatic carbocycles. The molecule has 3 heterocycles. The quantitative estimate of drug-likeness (QED) is 0.696. The number of imide groups is 1. The monoisotopic (exact) mass is 389 g/mol. The van der Waals surface area contributed by atoms with Gasteiger partial charge in [0.2, 0.25) is 12.7 Å². The average molecular weight is 389 g/mol. The molecule has 150 valence electrons. The van der Waals surface area contributed by atoms with E-state index in [1.807, 2.05) is 0 Å². The van der Waals surface area contributed by atoms with E-state index >= 15 is 0 Å². The van der Waals surface area contributed by atoms with Crippen molar-refractivity contribution in [3.63, 3.8) is 0 Å². The van der Waals surface area contributed by atoms with Crippen LogP contribution in [0.1, 0.15) is 24.8 Å². The predicted octanol–water partition coefficient (Wildman–Crippen LogP) is 0.769. The number of hydrogen-bond acceptors (Lipinski definition) is 6. The van der Waals surface area contributed by atoms with Crippen molar-refractivity contribution < 1.29 is 28.6 Å². The summed E-state index contributed by atoms with van der Waals surface area (Å²) < 4.78 is 15.9. The Bertz CT molecular complexity index is 777. The van der Waals surface area contributed by atoms with Crippen LogP contribution in [0.4, 0.5) is 4.79 Å². The maximum atomic E-state index is 12.6. The van der Waals surface area contributed by atoms with Gasteiger partial charge in [0.15, 0.2) is 11.5 Å². The van der Waals surface area contributed by atoms with Crippen molar-refractivity contribution in [2.45, 2.75) is 31.8 Å². The molecule has 2 saturated heterocycles. The molecule has 9 heteroatoms. The van der Waals surface area contributed by atoms with Crippen LogP contribution in [-0.2, 0) is 20.9 Å². The molecule has 0 unspecified atom stereocenters. The number of carbonyl (C=O) groups is 3. The number of nitrogens with zero attached hydrogens (tertiary/aromatic N) is 1. The highest BCUT2D eigenvalue weighted by molar-refractivity contribution is 6.05. The van der Waals surface area contributed by atoms with Gasteiger partial charge in [-0.2, -0.15) is 0 Å². The summed E-state index contributed by atoms with van der Waals surface area (Å²) >= 11 is 0. The van der Waals surface area contributed by atoms with Crippen molar-refractivity contribution in [3.05, 3.63) is 23.8 Å². The van der Waals surface area contributed by atoms with Gasteiger partial charge in [0.1, 0.15) is 6.04 Å². The number of rotatable bonds is 6. The second-order valence-electron chi connectivity index (χ2n) is 7.18. The highest BCUT2D eigenvalue weighted by Gasteiger charge is 2.39. The van der Waals surface area contributed by atoms with Crippen molar-refractivity contribution in [3.8, 4) is 11.5 Å². The van der Waals surface area contributed by atoms with Crippen LogP contribution in [0.3, 0.4) is 0 Å². The average Bonchev–Trinajstić information content (AvgIpc) is 3.27. The molecule has 0 spiro atoms. The van der Waals surface area contributed by atoms with E-state index in [0.717, 1.165) is 23.3 Å². The summed E-state index contributed by atoms with van der Waals surface area (Å²) in [7, 11) is 0. The Kier molecular flexibility index (Phi) is 5.34. The zero-order valence-electron chi connectivity index (χ0n) is 15.4. The first kappa shape index (κ1) is 18.5. The van der Waals surface area contributed by atoms with Crippen LogP contribution in [0.25, 0.3) is 0 Å². The molecule has 0 aliphatic carbocycles. The van der Waals surface area contributed by atoms with Gasteiger partial charge in [0.05, 0.1) is 13.0 Å². The third-order valence-electron chi connectivity index (χ3n) is 5.20. The normalized spacial score (nSPS) is 21.7. The molecule has 28 heavy (non-hydrogen) atoms. The fourth-order valence-electron chi connectivity index (χ4n) is 3.55. The third-order valence-corrected chi connectivity index (χ3v) is 5.20. The van der Waals surface area contributed by atoms with Gasteiger partial charge in [0, 0.05) is 19.8 Å². The van der Waals surface area contributed by atoms with E-state index in [0.29, 0.717) is 37.2 Å². The maximum absolute atomic E-state index is 12.6. The Balaban J connectivity index is 1.30. The molecule has 0 radical (unpaired) electrons. The highest BCUT2D eigenvalue weighted by Crippen LogP contribution is 2.33. The van der Waals surface area contributed by atoms with Crippen LogP contribution in [0.2, 0.25) is 0 Å². The molecule has 1 aromatic rings. The first-order chi connectivity index (χ1) is 13.6. The SMILES string of the molecule is O=C(C[C@H]1NC(=O)N(Cc2ccc3c(c2)OCO3)C1=O)NCC1CCOCC1. The third kappa shape index (κ3) is 4.04. The number of hydrogen-bond donors (Lipinski definition) is 2. The minimum Gasteiger partial charge on any atom is -0.454 e. The van der Waals surface area contributed by atoms with Crippen LogP contribution < -0.4 is 20.1 Å². The van der Waals surface area contributed by atoms with Crippen molar-refractivity contribution in [2.24, 2.45) is 5.92 Å². The molecular formula is C19H23N3O6. The molecular weight excluding hydrogens is 366 g/mol. The Labute approximate surface area is 162 Å². The molecule has 3 aliphatic heterocycles. The zero-order valence-corrected chi connectivity index (χ0v) is 15.4. The summed E-state index contributed by atoms with van der Waals surface area (Å²) in [6.07, 6.45) is 1.77. The fourth-order valence-corrected chi connectivity index (χ4v) is 3.55. The smallest absolute Gasteiger partial charge is 0.325 e. The molecule has 3 aliphatic rings. The summed E-state index contributed by atoms with van der Waals surface area (Å²) in [4.78, 5) is 38.1. The zero-order chi connectivity index (χ0) is 19.5. The molecule has 0 aromatic heterocycles. The number of fused-ring (bicyclic) bond motifs is 1. The van der Waals surface area contributed by atoms with Crippen LogP contribution in [-0.4, -0.2) is 55.3 Å². The van der Waals surface area contributed by atoms with E-state index in [-0.39, 0.29) is 25.7 Å². The molecule has 9 nitrogen and oxygen atoms in total. The van der Waals surface area contributed by atoms with Crippen LogP contribution in [0.5, 0.6) is 11.5 Å².